The summed E-state index contributed by atoms with van der Waals surface area (Å²) in [5.41, 5.74) is 5.76. The van der Waals surface area contributed by atoms with E-state index in [-0.39, 0.29) is 18.1 Å². The zero-order valence-corrected chi connectivity index (χ0v) is 19.1. The Hall–Kier alpha value is -3.86. The number of H-pyrrole nitrogens is 1. The molecule has 33 heavy (non-hydrogen) atoms. The molecular formula is C28H29N3O2. The van der Waals surface area contributed by atoms with E-state index in [1.165, 1.54) is 11.1 Å². The van der Waals surface area contributed by atoms with Crippen molar-refractivity contribution in [3.63, 3.8) is 0 Å². The van der Waals surface area contributed by atoms with Crippen molar-refractivity contribution in [3.8, 4) is 0 Å². The molecule has 0 spiro atoms. The van der Waals surface area contributed by atoms with Crippen LogP contribution in [0.2, 0.25) is 0 Å². The highest BCUT2D eigenvalue weighted by Crippen LogP contribution is 2.15. The third kappa shape index (κ3) is 5.69. The van der Waals surface area contributed by atoms with Crippen LogP contribution in [0, 0.1) is 13.8 Å². The van der Waals surface area contributed by atoms with E-state index >= 15 is 0 Å². The molecule has 3 aromatic carbocycles. The normalized spacial score (nSPS) is 10.8. The van der Waals surface area contributed by atoms with Crippen LogP contribution in [-0.2, 0) is 19.5 Å². The van der Waals surface area contributed by atoms with Gasteiger partial charge >= 0.3 is 6.03 Å². The Bertz CT molecular complexity index is 1310. The standard InChI is InChI=1S/C28H29N3O2/c1-20-12-13-26-24(16-20)17-25(27(32)30-26)19-31(15-14-23-11-7-6-8-21(23)2)28(33)29-18-22-9-4-3-5-10-22/h3-13,16-17H,14-15,18-19H2,1-2H3,(H,29,33)(H,30,32). The van der Waals surface area contributed by atoms with E-state index in [0.29, 0.717) is 18.7 Å². The molecule has 1 aromatic heterocycles. The smallest absolute Gasteiger partial charge is 0.317 e. The van der Waals surface area contributed by atoms with Crippen molar-refractivity contribution in [3.05, 3.63) is 117 Å². The van der Waals surface area contributed by atoms with Gasteiger partial charge in [0.2, 0.25) is 0 Å². The maximum absolute atomic E-state index is 13.2. The summed E-state index contributed by atoms with van der Waals surface area (Å²) in [5.74, 6) is 0. The molecule has 2 amide bonds. The average molecular weight is 440 g/mol. The highest BCUT2D eigenvalue weighted by molar-refractivity contribution is 5.80. The lowest BCUT2D eigenvalue weighted by Gasteiger charge is -2.24. The van der Waals surface area contributed by atoms with Crippen LogP contribution in [0.3, 0.4) is 0 Å². The van der Waals surface area contributed by atoms with E-state index in [2.05, 4.69) is 29.4 Å². The van der Waals surface area contributed by atoms with E-state index in [0.717, 1.165) is 28.5 Å². The van der Waals surface area contributed by atoms with Gasteiger partial charge in [0.05, 0.1) is 6.54 Å². The van der Waals surface area contributed by atoms with Crippen LogP contribution in [0.15, 0.2) is 83.7 Å². The highest BCUT2D eigenvalue weighted by atomic mass is 16.2. The summed E-state index contributed by atoms with van der Waals surface area (Å²) in [4.78, 5) is 30.6. The summed E-state index contributed by atoms with van der Waals surface area (Å²) in [6.45, 7) is 5.29. The minimum absolute atomic E-state index is 0.164. The molecule has 0 radical (unpaired) electrons. The molecule has 0 aliphatic rings. The second kappa shape index (κ2) is 10.2. The number of carbonyl (C=O) groups is 1. The fourth-order valence-electron chi connectivity index (χ4n) is 3.98. The molecule has 0 bridgehead atoms. The summed E-state index contributed by atoms with van der Waals surface area (Å²) in [6, 6.07) is 25.6. The minimum atomic E-state index is -0.184. The Labute approximate surface area is 194 Å². The molecule has 1 heterocycles. The molecule has 168 valence electrons. The first-order valence-electron chi connectivity index (χ1n) is 11.2. The van der Waals surface area contributed by atoms with Gasteiger partial charge in [0.15, 0.2) is 0 Å². The monoisotopic (exact) mass is 439 g/mol. The summed E-state index contributed by atoms with van der Waals surface area (Å²) >= 11 is 0. The number of fused-ring (bicyclic) bond motifs is 1. The maximum Gasteiger partial charge on any atom is 0.317 e. The SMILES string of the molecule is Cc1ccc2[nH]c(=O)c(CN(CCc3ccccc3C)C(=O)NCc3ccccc3)cc2c1. The molecule has 4 aromatic rings. The zero-order chi connectivity index (χ0) is 23.2. The molecule has 0 aliphatic carbocycles. The zero-order valence-electron chi connectivity index (χ0n) is 19.1. The number of aryl methyl sites for hydroxylation is 2. The van der Waals surface area contributed by atoms with Crippen molar-refractivity contribution in [1.29, 1.82) is 0 Å². The average Bonchev–Trinajstić information content (AvgIpc) is 2.82. The number of benzene rings is 3. The van der Waals surface area contributed by atoms with E-state index in [4.69, 9.17) is 0 Å². The van der Waals surface area contributed by atoms with Crippen LogP contribution in [0.5, 0.6) is 0 Å². The number of rotatable bonds is 7. The lowest BCUT2D eigenvalue weighted by atomic mass is 10.1. The van der Waals surface area contributed by atoms with E-state index in [9.17, 15) is 9.59 Å². The Morgan fingerprint density at radius 3 is 2.45 bits per heavy atom. The molecule has 0 atom stereocenters. The van der Waals surface area contributed by atoms with Crippen molar-refractivity contribution < 1.29 is 4.79 Å². The van der Waals surface area contributed by atoms with Crippen LogP contribution in [0.4, 0.5) is 4.79 Å². The quantitative estimate of drug-likeness (QED) is 0.421. The molecule has 0 aliphatic heterocycles. The fraction of sp³-hybridized carbons (Fsp3) is 0.214. The predicted molar refractivity (Wildman–Crippen MR) is 133 cm³/mol. The predicted octanol–water partition coefficient (Wildman–Crippen LogP) is 5.10. The van der Waals surface area contributed by atoms with Gasteiger partial charge in [0.25, 0.3) is 5.56 Å². The number of aromatic nitrogens is 1. The first kappa shape index (κ1) is 22.3. The Morgan fingerprint density at radius 1 is 0.909 bits per heavy atom. The summed E-state index contributed by atoms with van der Waals surface area (Å²) in [7, 11) is 0. The van der Waals surface area contributed by atoms with Crippen LogP contribution in [0.25, 0.3) is 10.9 Å². The van der Waals surface area contributed by atoms with Gasteiger partial charge < -0.3 is 15.2 Å². The van der Waals surface area contributed by atoms with Crippen molar-refractivity contribution in [2.24, 2.45) is 0 Å². The minimum Gasteiger partial charge on any atom is -0.334 e. The summed E-state index contributed by atoms with van der Waals surface area (Å²) < 4.78 is 0. The summed E-state index contributed by atoms with van der Waals surface area (Å²) in [6.07, 6.45) is 0.718. The third-order valence-corrected chi connectivity index (χ3v) is 5.92. The number of urea groups is 1. The third-order valence-electron chi connectivity index (χ3n) is 5.92. The molecule has 5 heteroatoms. The fourth-order valence-corrected chi connectivity index (χ4v) is 3.98. The summed E-state index contributed by atoms with van der Waals surface area (Å²) in [5, 5.41) is 3.98. The number of hydrogen-bond acceptors (Lipinski definition) is 2. The lowest BCUT2D eigenvalue weighted by molar-refractivity contribution is 0.195. The van der Waals surface area contributed by atoms with Crippen molar-refractivity contribution in [2.75, 3.05) is 6.54 Å². The molecule has 4 rings (SSSR count). The molecular weight excluding hydrogens is 410 g/mol. The second-order valence-electron chi connectivity index (χ2n) is 8.46. The van der Waals surface area contributed by atoms with Gasteiger partial charge in [-0.1, -0.05) is 66.2 Å². The number of aromatic amines is 1. The van der Waals surface area contributed by atoms with Gasteiger partial charge in [0, 0.05) is 24.2 Å². The maximum atomic E-state index is 13.2. The van der Waals surface area contributed by atoms with Gasteiger partial charge in [0.1, 0.15) is 0 Å². The molecule has 0 saturated heterocycles. The van der Waals surface area contributed by atoms with Crippen LogP contribution in [-0.4, -0.2) is 22.5 Å². The molecule has 0 fully saturated rings. The van der Waals surface area contributed by atoms with Crippen molar-refractivity contribution >= 4 is 16.9 Å². The van der Waals surface area contributed by atoms with Crippen molar-refractivity contribution in [1.82, 2.24) is 15.2 Å². The van der Waals surface area contributed by atoms with Crippen LogP contribution < -0.4 is 10.9 Å². The number of pyridine rings is 1. The number of nitrogens with zero attached hydrogens (tertiary/aromatic N) is 1. The van der Waals surface area contributed by atoms with Gasteiger partial charge in [-0.3, -0.25) is 4.79 Å². The Kier molecular flexibility index (Phi) is 6.89. The van der Waals surface area contributed by atoms with Gasteiger partial charge in [-0.25, -0.2) is 4.79 Å². The van der Waals surface area contributed by atoms with E-state index < -0.39 is 0 Å². The van der Waals surface area contributed by atoms with Gasteiger partial charge in [-0.15, -0.1) is 0 Å². The molecule has 5 nitrogen and oxygen atoms in total. The Balaban J connectivity index is 1.56. The topological polar surface area (TPSA) is 65.2 Å². The Morgan fingerprint density at radius 2 is 1.67 bits per heavy atom. The second-order valence-corrected chi connectivity index (χ2v) is 8.46. The largest absolute Gasteiger partial charge is 0.334 e. The number of amides is 2. The molecule has 2 N–H and O–H groups in total. The first-order chi connectivity index (χ1) is 16.0. The lowest BCUT2D eigenvalue weighted by Crippen LogP contribution is -2.41. The van der Waals surface area contributed by atoms with E-state index in [1.54, 1.807) is 4.90 Å². The number of carbonyl (C=O) groups excluding carboxylic acids is 1. The van der Waals surface area contributed by atoms with Crippen molar-refractivity contribution in [2.45, 2.75) is 33.4 Å². The van der Waals surface area contributed by atoms with Crippen LogP contribution >= 0.6 is 0 Å². The van der Waals surface area contributed by atoms with Crippen LogP contribution in [0.1, 0.15) is 27.8 Å². The number of nitrogens with one attached hydrogen (secondary N) is 2. The highest BCUT2D eigenvalue weighted by Gasteiger charge is 2.17. The number of hydrogen-bond donors (Lipinski definition) is 2. The molecule has 0 unspecified atom stereocenters. The van der Waals surface area contributed by atoms with E-state index in [1.807, 2.05) is 73.7 Å². The molecule has 0 saturated carbocycles. The van der Waals surface area contributed by atoms with Gasteiger partial charge in [-0.05, 0) is 60.5 Å². The first-order valence-corrected chi connectivity index (χ1v) is 11.2. The van der Waals surface area contributed by atoms with Gasteiger partial charge in [-0.2, -0.15) is 0 Å².